The van der Waals surface area contributed by atoms with Crippen LogP contribution in [0.3, 0.4) is 0 Å². The van der Waals surface area contributed by atoms with Crippen LogP contribution in [0.5, 0.6) is 0 Å². The number of carbonyl (C=O) groups is 2. The minimum absolute atomic E-state index is 0.228. The molecule has 0 saturated carbocycles. The molecule has 0 saturated heterocycles. The van der Waals surface area contributed by atoms with E-state index in [1.54, 1.807) is 6.92 Å². The Morgan fingerprint density at radius 3 is 2.47 bits per heavy atom. The van der Waals surface area contributed by atoms with Gasteiger partial charge in [0.05, 0.1) is 0 Å². The number of hydrogen-bond acceptors (Lipinski definition) is 3. The summed E-state index contributed by atoms with van der Waals surface area (Å²) < 4.78 is 39.4. The van der Waals surface area contributed by atoms with E-state index in [-0.39, 0.29) is 11.3 Å². The second kappa shape index (κ2) is 5.59. The number of hydrogen-bond donors (Lipinski definition) is 2. The fourth-order valence-corrected chi connectivity index (χ4v) is 1.25. The van der Waals surface area contributed by atoms with E-state index in [4.69, 9.17) is 5.73 Å². The Bertz CT molecular complexity index is 500. The molecule has 1 rings (SSSR count). The summed E-state index contributed by atoms with van der Waals surface area (Å²) >= 11 is 0. The van der Waals surface area contributed by atoms with Crippen LogP contribution >= 0.6 is 0 Å². The second-order valence-corrected chi connectivity index (χ2v) is 3.71. The summed E-state index contributed by atoms with van der Waals surface area (Å²) in [6, 6.07) is 4.10. The van der Waals surface area contributed by atoms with Crippen molar-refractivity contribution < 1.29 is 27.5 Å². The van der Waals surface area contributed by atoms with Crippen LogP contribution in [0.1, 0.15) is 15.9 Å². The van der Waals surface area contributed by atoms with Gasteiger partial charge in [0.25, 0.3) is 0 Å². The molecule has 0 heterocycles. The van der Waals surface area contributed by atoms with Gasteiger partial charge in [-0.05, 0) is 30.7 Å². The number of alkyl halides is 3. The van der Waals surface area contributed by atoms with Gasteiger partial charge in [-0.15, -0.1) is 0 Å². The van der Waals surface area contributed by atoms with Gasteiger partial charge in [0.1, 0.15) is 0 Å². The number of carbonyl (C=O) groups excluding carboxylic acids is 2. The monoisotopic (exact) mass is 276 g/mol. The number of nitrogens with two attached hydrogens (primary N) is 1. The van der Waals surface area contributed by atoms with Crippen molar-refractivity contribution in [3.8, 4) is 0 Å². The van der Waals surface area contributed by atoms with Crippen molar-refractivity contribution >= 4 is 17.7 Å². The molecular formula is C11H11F3N2O3. The van der Waals surface area contributed by atoms with Crippen molar-refractivity contribution in [2.75, 3.05) is 11.9 Å². The Kier molecular flexibility index (Phi) is 4.36. The van der Waals surface area contributed by atoms with E-state index in [0.29, 0.717) is 5.56 Å². The van der Waals surface area contributed by atoms with Crippen molar-refractivity contribution in [2.24, 2.45) is 5.73 Å². The molecule has 0 spiro atoms. The molecule has 3 N–H and O–H groups in total. The first-order valence-electron chi connectivity index (χ1n) is 5.10. The molecule has 0 radical (unpaired) electrons. The van der Waals surface area contributed by atoms with Crippen LogP contribution in [0.4, 0.5) is 23.7 Å². The van der Waals surface area contributed by atoms with E-state index in [0.717, 1.165) is 0 Å². The maximum Gasteiger partial charge on any atom is 0.422 e. The number of halogens is 3. The first-order chi connectivity index (χ1) is 8.69. The molecule has 104 valence electrons. The highest BCUT2D eigenvalue weighted by atomic mass is 19.4. The van der Waals surface area contributed by atoms with Crippen molar-refractivity contribution in [2.45, 2.75) is 13.1 Å². The molecule has 19 heavy (non-hydrogen) atoms. The van der Waals surface area contributed by atoms with Crippen molar-refractivity contribution in [3.63, 3.8) is 0 Å². The van der Waals surface area contributed by atoms with Gasteiger partial charge in [-0.3, -0.25) is 10.1 Å². The van der Waals surface area contributed by atoms with E-state index in [1.165, 1.54) is 18.2 Å². The maximum absolute atomic E-state index is 11.8. The Morgan fingerprint density at radius 1 is 1.37 bits per heavy atom. The summed E-state index contributed by atoms with van der Waals surface area (Å²) in [5.74, 6) is -0.644. The van der Waals surface area contributed by atoms with Crippen LogP contribution in [-0.4, -0.2) is 24.8 Å². The zero-order valence-electron chi connectivity index (χ0n) is 9.88. The van der Waals surface area contributed by atoms with Gasteiger partial charge in [-0.25, -0.2) is 4.79 Å². The van der Waals surface area contributed by atoms with E-state index in [2.05, 4.69) is 10.1 Å². The molecule has 8 heteroatoms. The number of benzene rings is 1. The van der Waals surface area contributed by atoms with Gasteiger partial charge in [0.15, 0.2) is 6.61 Å². The van der Waals surface area contributed by atoms with Crippen LogP contribution in [0.2, 0.25) is 0 Å². The summed E-state index contributed by atoms with van der Waals surface area (Å²) in [4.78, 5) is 22.0. The van der Waals surface area contributed by atoms with Crippen LogP contribution in [0, 0.1) is 6.92 Å². The Hall–Kier alpha value is -2.25. The van der Waals surface area contributed by atoms with Crippen LogP contribution in [0.15, 0.2) is 18.2 Å². The first-order valence-corrected chi connectivity index (χ1v) is 5.10. The van der Waals surface area contributed by atoms with E-state index in [9.17, 15) is 22.8 Å². The average Bonchev–Trinajstić information content (AvgIpc) is 2.28. The van der Waals surface area contributed by atoms with Crippen molar-refractivity contribution in [1.82, 2.24) is 0 Å². The highest BCUT2D eigenvalue weighted by Crippen LogP contribution is 2.18. The van der Waals surface area contributed by atoms with Crippen molar-refractivity contribution in [3.05, 3.63) is 29.3 Å². The van der Waals surface area contributed by atoms with Gasteiger partial charge in [-0.2, -0.15) is 13.2 Å². The van der Waals surface area contributed by atoms with Gasteiger partial charge in [0, 0.05) is 11.3 Å². The topological polar surface area (TPSA) is 81.4 Å². The molecule has 0 bridgehead atoms. The molecular weight excluding hydrogens is 265 g/mol. The maximum atomic E-state index is 11.8. The lowest BCUT2D eigenvalue weighted by atomic mass is 10.1. The van der Waals surface area contributed by atoms with E-state index in [1.807, 2.05) is 0 Å². The zero-order valence-corrected chi connectivity index (χ0v) is 9.88. The van der Waals surface area contributed by atoms with Crippen LogP contribution in [-0.2, 0) is 4.74 Å². The molecule has 0 atom stereocenters. The predicted octanol–water partition coefficient (Wildman–Crippen LogP) is 2.20. The summed E-state index contributed by atoms with van der Waals surface area (Å²) in [6.45, 7) is -0.108. The number of anilines is 1. The van der Waals surface area contributed by atoms with Gasteiger partial charge < -0.3 is 10.5 Å². The molecule has 0 aliphatic carbocycles. The summed E-state index contributed by atoms with van der Waals surface area (Å²) in [5, 5.41) is 2.14. The smallest absolute Gasteiger partial charge is 0.422 e. The summed E-state index contributed by atoms with van der Waals surface area (Å²) in [7, 11) is 0. The molecule has 2 amide bonds. The Morgan fingerprint density at radius 2 is 2.00 bits per heavy atom. The molecule has 0 aromatic heterocycles. The molecule has 0 fully saturated rings. The van der Waals surface area contributed by atoms with Crippen LogP contribution < -0.4 is 11.1 Å². The highest BCUT2D eigenvalue weighted by Gasteiger charge is 2.29. The number of rotatable bonds is 3. The molecule has 1 aromatic rings. The first kappa shape index (κ1) is 14.8. The number of nitrogens with one attached hydrogen (secondary N) is 1. The quantitative estimate of drug-likeness (QED) is 0.888. The summed E-state index contributed by atoms with van der Waals surface area (Å²) in [5.41, 5.74) is 5.99. The number of amides is 2. The van der Waals surface area contributed by atoms with Crippen LogP contribution in [0.25, 0.3) is 0 Å². The number of aryl methyl sites for hydroxylation is 1. The van der Waals surface area contributed by atoms with Gasteiger partial charge in [-0.1, -0.05) is 0 Å². The lowest BCUT2D eigenvalue weighted by Gasteiger charge is -2.11. The molecule has 1 aromatic carbocycles. The van der Waals surface area contributed by atoms with E-state index >= 15 is 0 Å². The van der Waals surface area contributed by atoms with Gasteiger partial charge in [0.2, 0.25) is 5.91 Å². The lowest BCUT2D eigenvalue weighted by Crippen LogP contribution is -2.23. The molecule has 0 aliphatic rings. The fraction of sp³-hybridized carbons (Fsp3) is 0.273. The predicted molar refractivity (Wildman–Crippen MR) is 60.7 cm³/mol. The zero-order chi connectivity index (χ0) is 14.6. The lowest BCUT2D eigenvalue weighted by molar-refractivity contribution is -0.159. The summed E-state index contributed by atoms with van der Waals surface area (Å²) in [6.07, 6.45) is -5.81. The SMILES string of the molecule is Cc1cc(C(N)=O)ccc1NC(=O)OCC(F)(F)F. The minimum Gasteiger partial charge on any atom is -0.440 e. The number of ether oxygens (including phenoxy) is 1. The Balaban J connectivity index is 2.67. The number of primary amides is 1. The van der Waals surface area contributed by atoms with E-state index < -0.39 is 24.8 Å². The largest absolute Gasteiger partial charge is 0.440 e. The molecule has 5 nitrogen and oxygen atoms in total. The van der Waals surface area contributed by atoms with Crippen molar-refractivity contribution in [1.29, 1.82) is 0 Å². The third-order valence-electron chi connectivity index (χ3n) is 2.11. The highest BCUT2D eigenvalue weighted by molar-refractivity contribution is 5.94. The average molecular weight is 276 g/mol. The third kappa shape index (κ3) is 4.86. The normalized spacial score (nSPS) is 10.9. The third-order valence-corrected chi connectivity index (χ3v) is 2.11. The fourth-order valence-electron chi connectivity index (χ4n) is 1.25. The van der Waals surface area contributed by atoms with Gasteiger partial charge >= 0.3 is 12.3 Å². The Labute approximate surface area is 106 Å². The second-order valence-electron chi connectivity index (χ2n) is 3.71. The standard InChI is InChI=1S/C11H11F3N2O3/c1-6-4-7(9(15)17)2-3-8(6)16-10(18)19-5-11(12,13)14/h2-4H,5H2,1H3,(H2,15,17)(H,16,18). The minimum atomic E-state index is -4.58. The molecule has 0 aliphatic heterocycles. The molecule has 0 unspecified atom stereocenters.